The standard InChI is InChI=1S/C18H15Cl3N4O2/c1-24-14(15(26)25(17(24)27)13-10-6-3-7-11-13)23-16(18(19,20)21)22-12-8-4-2-5-9-12/h2-11,16,22H,1H3. The van der Waals surface area contributed by atoms with E-state index >= 15 is 0 Å². The first kappa shape index (κ1) is 19.5. The molecule has 3 amide bonds. The SMILES string of the molecule is CN1C(=O)N(c2ccccc2)C(=O)C1=NC(Nc1ccccc1)C(Cl)(Cl)Cl. The van der Waals surface area contributed by atoms with Crippen molar-refractivity contribution in [2.45, 2.75) is 9.96 Å². The second kappa shape index (κ2) is 7.76. The Morgan fingerprint density at radius 2 is 1.52 bits per heavy atom. The number of hydrogen-bond donors (Lipinski definition) is 1. The van der Waals surface area contributed by atoms with Crippen molar-refractivity contribution in [1.82, 2.24) is 4.90 Å². The Bertz CT molecular complexity index is 869. The van der Waals surface area contributed by atoms with Crippen molar-refractivity contribution in [2.75, 3.05) is 17.3 Å². The average molecular weight is 426 g/mol. The summed E-state index contributed by atoms with van der Waals surface area (Å²) in [6.07, 6.45) is -1.09. The zero-order chi connectivity index (χ0) is 19.6. The molecular formula is C18H15Cl3N4O2. The largest absolute Gasteiger partial charge is 0.360 e. The van der Waals surface area contributed by atoms with Gasteiger partial charge in [-0.2, -0.15) is 0 Å². The third-order valence-corrected chi connectivity index (χ3v) is 4.46. The van der Waals surface area contributed by atoms with E-state index in [9.17, 15) is 9.59 Å². The van der Waals surface area contributed by atoms with Crippen LogP contribution in [0.1, 0.15) is 0 Å². The molecule has 6 nitrogen and oxygen atoms in total. The minimum atomic E-state index is -1.85. The number of carbonyl (C=O) groups excluding carboxylic acids is 2. The number of imide groups is 1. The quantitative estimate of drug-likeness (QED) is 0.587. The van der Waals surface area contributed by atoms with Crippen molar-refractivity contribution in [1.29, 1.82) is 0 Å². The van der Waals surface area contributed by atoms with Crippen LogP contribution in [0.3, 0.4) is 0 Å². The molecule has 0 radical (unpaired) electrons. The number of benzene rings is 2. The van der Waals surface area contributed by atoms with Crippen LogP contribution >= 0.6 is 34.8 Å². The maximum atomic E-state index is 12.8. The van der Waals surface area contributed by atoms with Crippen LogP contribution in [0.5, 0.6) is 0 Å². The molecule has 0 aliphatic carbocycles. The van der Waals surface area contributed by atoms with Gasteiger partial charge in [0.05, 0.1) is 5.69 Å². The fraction of sp³-hybridized carbons (Fsp3) is 0.167. The van der Waals surface area contributed by atoms with E-state index in [1.165, 1.54) is 7.05 Å². The second-order valence-corrected chi connectivity index (χ2v) is 8.09. The molecule has 1 N–H and O–H groups in total. The maximum Gasteiger partial charge on any atom is 0.337 e. The Morgan fingerprint density at radius 3 is 2.07 bits per heavy atom. The van der Waals surface area contributed by atoms with Crippen LogP contribution < -0.4 is 10.2 Å². The van der Waals surface area contributed by atoms with E-state index in [1.54, 1.807) is 54.6 Å². The topological polar surface area (TPSA) is 65.0 Å². The fourth-order valence-corrected chi connectivity index (χ4v) is 2.83. The van der Waals surface area contributed by atoms with E-state index in [0.717, 1.165) is 9.80 Å². The minimum absolute atomic E-state index is 0.122. The molecule has 3 rings (SSSR count). The number of aliphatic imine (C=N–C) groups is 1. The van der Waals surface area contributed by atoms with Gasteiger partial charge < -0.3 is 5.32 Å². The van der Waals surface area contributed by atoms with Crippen molar-refractivity contribution in [3.05, 3.63) is 60.7 Å². The van der Waals surface area contributed by atoms with Crippen LogP contribution in [-0.4, -0.2) is 39.7 Å². The number of amidine groups is 1. The lowest BCUT2D eigenvalue weighted by atomic mass is 10.3. The number of amides is 3. The first-order chi connectivity index (χ1) is 12.8. The fourth-order valence-electron chi connectivity index (χ4n) is 2.52. The highest BCUT2D eigenvalue weighted by Crippen LogP contribution is 2.34. The van der Waals surface area contributed by atoms with Gasteiger partial charge in [-0.15, -0.1) is 0 Å². The van der Waals surface area contributed by atoms with E-state index in [1.807, 2.05) is 6.07 Å². The molecule has 0 aromatic heterocycles. The number of para-hydroxylation sites is 2. The number of carbonyl (C=O) groups is 2. The van der Waals surface area contributed by atoms with Gasteiger partial charge in [-0.3, -0.25) is 9.69 Å². The number of nitrogens with zero attached hydrogens (tertiary/aromatic N) is 3. The Kier molecular flexibility index (Phi) is 5.60. The van der Waals surface area contributed by atoms with Gasteiger partial charge in [0.15, 0.2) is 6.17 Å². The molecule has 9 heteroatoms. The molecule has 2 aromatic rings. The summed E-state index contributed by atoms with van der Waals surface area (Å²) in [6, 6.07) is 17.0. The van der Waals surface area contributed by atoms with E-state index in [0.29, 0.717) is 11.4 Å². The molecule has 1 aliphatic rings. The van der Waals surface area contributed by atoms with Gasteiger partial charge >= 0.3 is 11.9 Å². The molecular weight excluding hydrogens is 411 g/mol. The number of halogens is 3. The van der Waals surface area contributed by atoms with Crippen LogP contribution in [-0.2, 0) is 4.79 Å². The zero-order valence-corrected chi connectivity index (χ0v) is 16.4. The number of anilines is 2. The number of alkyl halides is 3. The highest BCUT2D eigenvalue weighted by molar-refractivity contribution is 6.68. The Labute approximate surface area is 171 Å². The zero-order valence-electron chi connectivity index (χ0n) is 14.1. The van der Waals surface area contributed by atoms with Crippen LogP contribution in [0.4, 0.5) is 16.2 Å². The number of likely N-dealkylation sites (N-methyl/N-ethyl adjacent to an activating group) is 1. The van der Waals surface area contributed by atoms with Gasteiger partial charge in [-0.25, -0.2) is 14.7 Å². The van der Waals surface area contributed by atoms with Gasteiger partial charge in [0, 0.05) is 12.7 Å². The summed E-state index contributed by atoms with van der Waals surface area (Å²) in [5.41, 5.74) is 1.09. The third kappa shape index (κ3) is 4.18. The summed E-state index contributed by atoms with van der Waals surface area (Å²) in [5, 5.41) is 2.96. The smallest absolute Gasteiger partial charge is 0.337 e. The summed E-state index contributed by atoms with van der Waals surface area (Å²) in [7, 11) is 1.44. The van der Waals surface area contributed by atoms with Gasteiger partial charge in [0.2, 0.25) is 9.63 Å². The molecule has 0 bridgehead atoms. The van der Waals surface area contributed by atoms with Crippen LogP contribution in [0.15, 0.2) is 65.7 Å². The molecule has 0 saturated carbocycles. The Balaban J connectivity index is 1.95. The summed E-state index contributed by atoms with van der Waals surface area (Å²) < 4.78 is -1.85. The molecule has 27 heavy (non-hydrogen) atoms. The number of rotatable bonds is 4. The summed E-state index contributed by atoms with van der Waals surface area (Å²) in [4.78, 5) is 31.8. The highest BCUT2D eigenvalue weighted by Gasteiger charge is 2.43. The van der Waals surface area contributed by atoms with Crippen molar-refractivity contribution < 1.29 is 9.59 Å². The lowest BCUT2D eigenvalue weighted by Crippen LogP contribution is -2.36. The lowest BCUT2D eigenvalue weighted by molar-refractivity contribution is -0.111. The monoisotopic (exact) mass is 424 g/mol. The van der Waals surface area contributed by atoms with Gasteiger partial charge in [0.1, 0.15) is 0 Å². The first-order valence-corrected chi connectivity index (χ1v) is 9.05. The number of hydrogen-bond acceptors (Lipinski definition) is 4. The predicted molar refractivity (Wildman–Crippen MR) is 109 cm³/mol. The third-order valence-electron chi connectivity index (χ3n) is 3.84. The van der Waals surface area contributed by atoms with E-state index in [-0.39, 0.29) is 5.84 Å². The molecule has 1 heterocycles. The summed E-state index contributed by atoms with van der Waals surface area (Å²) >= 11 is 18.1. The highest BCUT2D eigenvalue weighted by atomic mass is 35.6. The Hall–Kier alpha value is -2.28. The van der Waals surface area contributed by atoms with Crippen LogP contribution in [0.2, 0.25) is 0 Å². The van der Waals surface area contributed by atoms with E-state index < -0.39 is 21.9 Å². The summed E-state index contributed by atoms with van der Waals surface area (Å²) in [6.45, 7) is 0. The molecule has 1 aliphatic heterocycles. The van der Waals surface area contributed by atoms with Gasteiger partial charge in [-0.1, -0.05) is 71.2 Å². The van der Waals surface area contributed by atoms with Crippen molar-refractivity contribution >= 4 is 64.0 Å². The average Bonchev–Trinajstić information content (AvgIpc) is 2.85. The normalized spacial score (nSPS) is 17.6. The van der Waals surface area contributed by atoms with E-state index in [4.69, 9.17) is 34.8 Å². The molecule has 0 spiro atoms. The molecule has 140 valence electrons. The lowest BCUT2D eigenvalue weighted by Gasteiger charge is -2.23. The van der Waals surface area contributed by atoms with Gasteiger partial charge in [-0.05, 0) is 24.3 Å². The number of nitrogens with one attached hydrogen (secondary N) is 1. The first-order valence-electron chi connectivity index (χ1n) is 7.92. The van der Waals surface area contributed by atoms with E-state index in [2.05, 4.69) is 10.3 Å². The minimum Gasteiger partial charge on any atom is -0.360 e. The van der Waals surface area contributed by atoms with Crippen LogP contribution in [0, 0.1) is 0 Å². The molecule has 1 atom stereocenters. The Morgan fingerprint density at radius 1 is 0.963 bits per heavy atom. The molecule has 1 saturated heterocycles. The second-order valence-electron chi connectivity index (χ2n) is 5.72. The predicted octanol–water partition coefficient (Wildman–Crippen LogP) is 4.29. The molecule has 1 fully saturated rings. The maximum absolute atomic E-state index is 12.8. The van der Waals surface area contributed by atoms with Gasteiger partial charge in [0.25, 0.3) is 0 Å². The molecule has 2 aromatic carbocycles. The van der Waals surface area contributed by atoms with Crippen LogP contribution in [0.25, 0.3) is 0 Å². The summed E-state index contributed by atoms with van der Waals surface area (Å²) in [5.74, 6) is -0.716. The van der Waals surface area contributed by atoms with Crippen molar-refractivity contribution in [3.8, 4) is 0 Å². The van der Waals surface area contributed by atoms with Crippen molar-refractivity contribution in [2.24, 2.45) is 4.99 Å². The molecule has 1 unspecified atom stereocenters. The number of urea groups is 1. The van der Waals surface area contributed by atoms with Crippen molar-refractivity contribution in [3.63, 3.8) is 0 Å².